The van der Waals surface area contributed by atoms with E-state index >= 15 is 0 Å². The van der Waals surface area contributed by atoms with E-state index in [-0.39, 0.29) is 17.9 Å². The number of β-amino-alcohol motifs (C(OH)–C–C–N with tert-alkyl or cyclic N) is 1. The molecular weight excluding hydrogens is 344 g/mol. The average molecular weight is 370 g/mol. The molecule has 0 aliphatic carbocycles. The number of hydrogen-bond donors (Lipinski definition) is 1. The Morgan fingerprint density at radius 3 is 2.81 bits per heavy atom. The van der Waals surface area contributed by atoms with Crippen LogP contribution < -0.4 is 0 Å². The number of likely N-dealkylation sites (tertiary alicyclic amines) is 2. The lowest BCUT2D eigenvalue weighted by Crippen LogP contribution is -2.46. The van der Waals surface area contributed by atoms with Gasteiger partial charge in [-0.15, -0.1) is 0 Å². The minimum absolute atomic E-state index is 0.0570. The lowest BCUT2D eigenvalue weighted by molar-refractivity contribution is 0.0627. The minimum atomic E-state index is -0.342. The maximum atomic E-state index is 12.6. The molecule has 1 N–H and O–H groups in total. The first-order chi connectivity index (χ1) is 13.1. The van der Waals surface area contributed by atoms with Gasteiger partial charge < -0.3 is 14.5 Å². The number of aromatic nitrogens is 2. The molecule has 0 spiro atoms. The monoisotopic (exact) mass is 370 g/mol. The summed E-state index contributed by atoms with van der Waals surface area (Å²) in [7, 11) is 0. The number of aryl methyl sites for hydroxylation is 1. The largest absolute Gasteiger partial charge is 0.391 e. The van der Waals surface area contributed by atoms with E-state index in [0.29, 0.717) is 18.2 Å². The Labute approximate surface area is 159 Å². The van der Waals surface area contributed by atoms with Crippen LogP contribution in [0.4, 0.5) is 0 Å². The van der Waals surface area contributed by atoms with E-state index in [9.17, 15) is 9.90 Å². The number of rotatable bonds is 4. The number of nitrogens with zero attached hydrogens (tertiary/aromatic N) is 4. The van der Waals surface area contributed by atoms with Crippen LogP contribution in [0.2, 0.25) is 0 Å². The summed E-state index contributed by atoms with van der Waals surface area (Å²) in [5.41, 5.74) is 1.52. The third kappa shape index (κ3) is 4.04. The summed E-state index contributed by atoms with van der Waals surface area (Å²) in [5, 5.41) is 14.4. The van der Waals surface area contributed by atoms with Crippen LogP contribution in [0.15, 0.2) is 35.1 Å². The van der Waals surface area contributed by atoms with Crippen LogP contribution in [0.3, 0.4) is 0 Å². The van der Waals surface area contributed by atoms with Crippen LogP contribution in [-0.4, -0.2) is 69.3 Å². The van der Waals surface area contributed by atoms with Crippen molar-refractivity contribution < 1.29 is 14.4 Å². The summed E-state index contributed by atoms with van der Waals surface area (Å²) in [6.07, 6.45) is 5.56. The molecule has 27 heavy (non-hydrogen) atoms. The molecule has 0 unspecified atom stereocenters. The van der Waals surface area contributed by atoms with Crippen LogP contribution in [0, 0.1) is 12.8 Å². The van der Waals surface area contributed by atoms with Crippen molar-refractivity contribution in [2.45, 2.75) is 38.3 Å². The second-order valence-electron chi connectivity index (χ2n) is 7.69. The van der Waals surface area contributed by atoms with Crippen molar-refractivity contribution in [2.75, 3.05) is 26.2 Å². The second-order valence-corrected chi connectivity index (χ2v) is 7.69. The molecule has 4 heterocycles. The van der Waals surface area contributed by atoms with Crippen LogP contribution in [0.5, 0.6) is 0 Å². The Morgan fingerprint density at radius 2 is 2.15 bits per heavy atom. The first-order valence-corrected chi connectivity index (χ1v) is 9.64. The molecule has 2 aliphatic heterocycles. The fourth-order valence-corrected chi connectivity index (χ4v) is 4.26. The van der Waals surface area contributed by atoms with Gasteiger partial charge in [0, 0.05) is 63.0 Å². The van der Waals surface area contributed by atoms with Crippen molar-refractivity contribution in [3.05, 3.63) is 47.6 Å². The van der Waals surface area contributed by atoms with Crippen LogP contribution >= 0.6 is 0 Å². The lowest BCUT2D eigenvalue weighted by atomic mass is 10.00. The Bertz CT molecular complexity index is 771. The molecule has 2 aliphatic rings. The number of pyridine rings is 1. The van der Waals surface area contributed by atoms with Gasteiger partial charge in [-0.1, -0.05) is 5.16 Å². The van der Waals surface area contributed by atoms with E-state index in [0.717, 1.165) is 50.4 Å². The summed E-state index contributed by atoms with van der Waals surface area (Å²) >= 11 is 0. The van der Waals surface area contributed by atoms with Gasteiger partial charge in [-0.05, 0) is 31.9 Å². The summed E-state index contributed by atoms with van der Waals surface area (Å²) in [6.45, 7) is 4.96. The van der Waals surface area contributed by atoms with Gasteiger partial charge in [-0.3, -0.25) is 14.7 Å². The molecule has 2 fully saturated rings. The summed E-state index contributed by atoms with van der Waals surface area (Å²) in [6, 6.07) is 5.97. The van der Waals surface area contributed by atoms with E-state index in [1.54, 1.807) is 18.5 Å². The van der Waals surface area contributed by atoms with Crippen LogP contribution in [0.1, 0.15) is 34.7 Å². The van der Waals surface area contributed by atoms with E-state index in [1.807, 2.05) is 24.0 Å². The standard InChI is InChI=1S/C20H26N4O3/c1-14-9-18(27-22-14)10-16-12-24(13-19(16)25)17-4-7-23(8-5-17)20(26)15-3-2-6-21-11-15/h2-3,6,9,11,16-17,19,25H,4-5,7-8,10,12-13H2,1H3/t16-,19+/m1/s1. The predicted octanol–water partition coefficient (Wildman–Crippen LogP) is 1.52. The molecule has 2 aromatic rings. The van der Waals surface area contributed by atoms with Gasteiger partial charge in [0.1, 0.15) is 5.76 Å². The summed E-state index contributed by atoms with van der Waals surface area (Å²) < 4.78 is 5.31. The molecule has 2 saturated heterocycles. The van der Waals surface area contributed by atoms with E-state index in [2.05, 4.69) is 15.0 Å². The predicted molar refractivity (Wildman–Crippen MR) is 99.2 cm³/mol. The molecule has 4 rings (SSSR count). The van der Waals surface area contributed by atoms with Crippen LogP contribution in [0.25, 0.3) is 0 Å². The Hall–Kier alpha value is -2.25. The fraction of sp³-hybridized carbons (Fsp3) is 0.550. The highest BCUT2D eigenvalue weighted by atomic mass is 16.5. The highest BCUT2D eigenvalue weighted by Gasteiger charge is 2.37. The smallest absolute Gasteiger partial charge is 0.255 e. The van der Waals surface area contributed by atoms with Gasteiger partial charge in [0.15, 0.2) is 0 Å². The molecule has 2 aromatic heterocycles. The van der Waals surface area contributed by atoms with Crippen molar-refractivity contribution in [2.24, 2.45) is 5.92 Å². The number of aliphatic hydroxyl groups is 1. The summed E-state index contributed by atoms with van der Waals surface area (Å²) in [4.78, 5) is 20.9. The number of piperidine rings is 1. The normalized spacial score (nSPS) is 24.4. The molecular formula is C20H26N4O3. The zero-order chi connectivity index (χ0) is 18.8. The van der Waals surface area contributed by atoms with Crippen molar-refractivity contribution in [1.82, 2.24) is 19.9 Å². The third-order valence-corrected chi connectivity index (χ3v) is 5.75. The summed E-state index contributed by atoms with van der Waals surface area (Å²) in [5.74, 6) is 1.07. The van der Waals surface area contributed by atoms with Crippen LogP contribution in [-0.2, 0) is 6.42 Å². The molecule has 0 bridgehead atoms. The van der Waals surface area contributed by atoms with Gasteiger partial charge in [-0.2, -0.15) is 0 Å². The van der Waals surface area contributed by atoms with Gasteiger partial charge in [-0.25, -0.2) is 0 Å². The number of carbonyl (C=O) groups is 1. The molecule has 0 saturated carbocycles. The van der Waals surface area contributed by atoms with Crippen molar-refractivity contribution in [3.63, 3.8) is 0 Å². The zero-order valence-corrected chi connectivity index (χ0v) is 15.6. The molecule has 0 aromatic carbocycles. The number of amides is 1. The van der Waals surface area contributed by atoms with Gasteiger partial charge in [0.2, 0.25) is 0 Å². The maximum Gasteiger partial charge on any atom is 0.255 e. The molecule has 1 amide bonds. The highest BCUT2D eigenvalue weighted by Crippen LogP contribution is 2.27. The van der Waals surface area contributed by atoms with Gasteiger partial charge >= 0.3 is 0 Å². The number of carbonyl (C=O) groups excluding carboxylic acids is 1. The Kier molecular flexibility index (Phi) is 5.22. The van der Waals surface area contributed by atoms with Crippen molar-refractivity contribution in [1.29, 1.82) is 0 Å². The van der Waals surface area contributed by atoms with Crippen molar-refractivity contribution >= 4 is 5.91 Å². The van der Waals surface area contributed by atoms with E-state index < -0.39 is 0 Å². The van der Waals surface area contributed by atoms with Gasteiger partial charge in [0.05, 0.1) is 17.4 Å². The maximum absolute atomic E-state index is 12.6. The minimum Gasteiger partial charge on any atom is -0.391 e. The topological polar surface area (TPSA) is 82.7 Å². The average Bonchev–Trinajstić information content (AvgIpc) is 3.28. The zero-order valence-electron chi connectivity index (χ0n) is 15.6. The third-order valence-electron chi connectivity index (χ3n) is 5.75. The number of hydrogen-bond acceptors (Lipinski definition) is 6. The lowest BCUT2D eigenvalue weighted by Gasteiger charge is -2.36. The highest BCUT2D eigenvalue weighted by molar-refractivity contribution is 5.93. The molecule has 7 nitrogen and oxygen atoms in total. The first-order valence-electron chi connectivity index (χ1n) is 9.64. The molecule has 144 valence electrons. The Morgan fingerprint density at radius 1 is 1.33 bits per heavy atom. The van der Waals surface area contributed by atoms with Crippen molar-refractivity contribution in [3.8, 4) is 0 Å². The number of aliphatic hydroxyl groups excluding tert-OH is 1. The fourth-order valence-electron chi connectivity index (χ4n) is 4.26. The molecule has 0 radical (unpaired) electrons. The van der Waals surface area contributed by atoms with Gasteiger partial charge in [0.25, 0.3) is 5.91 Å². The van der Waals surface area contributed by atoms with E-state index in [1.165, 1.54) is 0 Å². The first kappa shape index (κ1) is 18.1. The van der Waals surface area contributed by atoms with E-state index in [4.69, 9.17) is 4.52 Å². The molecule has 2 atom stereocenters. The Balaban J connectivity index is 1.30. The quantitative estimate of drug-likeness (QED) is 0.879. The second kappa shape index (κ2) is 7.78. The SMILES string of the molecule is Cc1cc(C[C@@H]2CN(C3CCN(C(=O)c4cccnc4)CC3)C[C@@H]2O)on1. The molecule has 7 heteroatoms.